The van der Waals surface area contributed by atoms with E-state index in [4.69, 9.17) is 4.74 Å². The van der Waals surface area contributed by atoms with Gasteiger partial charge in [-0.2, -0.15) is 0 Å². The van der Waals surface area contributed by atoms with Gasteiger partial charge in [0, 0.05) is 18.7 Å². The van der Waals surface area contributed by atoms with Crippen molar-refractivity contribution in [3.8, 4) is 5.75 Å². The van der Waals surface area contributed by atoms with E-state index in [2.05, 4.69) is 17.1 Å². The number of likely N-dealkylation sites (N-methyl/N-ethyl adjacent to an activating group) is 1. The number of amides is 1. The fourth-order valence-electron chi connectivity index (χ4n) is 2.27. The number of carbonyl (C=O) groups excluding carboxylic acids is 1. The van der Waals surface area contributed by atoms with Crippen molar-refractivity contribution in [1.29, 1.82) is 0 Å². The molecule has 0 bridgehead atoms. The van der Waals surface area contributed by atoms with Crippen LogP contribution >= 0.6 is 0 Å². The van der Waals surface area contributed by atoms with Crippen LogP contribution in [0.1, 0.15) is 28.4 Å². The van der Waals surface area contributed by atoms with Crippen LogP contribution in [0.3, 0.4) is 0 Å². The van der Waals surface area contributed by atoms with E-state index >= 15 is 0 Å². The van der Waals surface area contributed by atoms with Crippen LogP contribution in [0.2, 0.25) is 0 Å². The Labute approximate surface area is 144 Å². The SMILES string of the molecule is CCc1ccc(C(=O)NCc2cccc(OCCN(C)C)c2)cc1. The zero-order chi connectivity index (χ0) is 17.4. The number of aryl methyl sites for hydroxylation is 1. The molecule has 0 aliphatic rings. The lowest BCUT2D eigenvalue weighted by Crippen LogP contribution is -2.22. The number of nitrogens with one attached hydrogen (secondary N) is 1. The Bertz CT molecular complexity index is 651. The molecule has 2 aromatic rings. The summed E-state index contributed by atoms with van der Waals surface area (Å²) >= 11 is 0. The molecular weight excluding hydrogens is 300 g/mol. The molecule has 0 radical (unpaired) electrons. The fourth-order valence-corrected chi connectivity index (χ4v) is 2.27. The van der Waals surface area contributed by atoms with Gasteiger partial charge >= 0.3 is 0 Å². The molecule has 4 nitrogen and oxygen atoms in total. The highest BCUT2D eigenvalue weighted by Gasteiger charge is 2.05. The second kappa shape index (κ2) is 9.08. The van der Waals surface area contributed by atoms with E-state index in [9.17, 15) is 4.79 Å². The van der Waals surface area contributed by atoms with Crippen molar-refractivity contribution in [3.05, 3.63) is 65.2 Å². The van der Waals surface area contributed by atoms with Gasteiger partial charge < -0.3 is 15.0 Å². The number of carbonyl (C=O) groups is 1. The molecule has 0 saturated carbocycles. The quantitative estimate of drug-likeness (QED) is 0.810. The van der Waals surface area contributed by atoms with Crippen molar-refractivity contribution in [1.82, 2.24) is 10.2 Å². The van der Waals surface area contributed by atoms with Crippen LogP contribution in [0, 0.1) is 0 Å². The minimum atomic E-state index is -0.0587. The van der Waals surface area contributed by atoms with Crippen molar-refractivity contribution >= 4 is 5.91 Å². The van der Waals surface area contributed by atoms with E-state index in [1.165, 1.54) is 5.56 Å². The molecule has 1 amide bonds. The summed E-state index contributed by atoms with van der Waals surface area (Å²) < 4.78 is 5.72. The second-order valence-electron chi connectivity index (χ2n) is 6.03. The largest absolute Gasteiger partial charge is 0.492 e. The Kier molecular flexibility index (Phi) is 6.82. The topological polar surface area (TPSA) is 41.6 Å². The third-order valence-electron chi connectivity index (χ3n) is 3.78. The first-order valence-electron chi connectivity index (χ1n) is 8.32. The number of rotatable bonds is 8. The Balaban J connectivity index is 1.87. The third-order valence-corrected chi connectivity index (χ3v) is 3.78. The summed E-state index contributed by atoms with van der Waals surface area (Å²) in [6.45, 7) is 4.10. The normalized spacial score (nSPS) is 10.7. The van der Waals surface area contributed by atoms with Crippen LogP contribution in [0.4, 0.5) is 0 Å². The maximum Gasteiger partial charge on any atom is 0.251 e. The van der Waals surface area contributed by atoms with Crippen molar-refractivity contribution in [2.45, 2.75) is 19.9 Å². The molecule has 0 spiro atoms. The molecule has 0 aliphatic heterocycles. The summed E-state index contributed by atoms with van der Waals surface area (Å²) in [4.78, 5) is 14.3. The van der Waals surface area contributed by atoms with Crippen molar-refractivity contribution < 1.29 is 9.53 Å². The molecule has 0 aromatic heterocycles. The molecule has 0 heterocycles. The summed E-state index contributed by atoms with van der Waals surface area (Å²) in [5.74, 6) is 0.771. The van der Waals surface area contributed by atoms with Gasteiger partial charge in [0.2, 0.25) is 0 Å². The summed E-state index contributed by atoms with van der Waals surface area (Å²) in [5.41, 5.74) is 2.94. The first-order valence-corrected chi connectivity index (χ1v) is 8.32. The predicted molar refractivity (Wildman–Crippen MR) is 97.5 cm³/mol. The molecule has 0 unspecified atom stereocenters. The number of nitrogens with zero attached hydrogens (tertiary/aromatic N) is 1. The first-order chi connectivity index (χ1) is 11.6. The van der Waals surface area contributed by atoms with Gasteiger partial charge in [0.05, 0.1) is 0 Å². The fraction of sp³-hybridized carbons (Fsp3) is 0.350. The average Bonchev–Trinajstić information content (AvgIpc) is 2.60. The van der Waals surface area contributed by atoms with Crippen LogP contribution in [0.25, 0.3) is 0 Å². The number of hydrogen-bond acceptors (Lipinski definition) is 3. The molecule has 0 saturated heterocycles. The molecule has 0 atom stereocenters. The van der Waals surface area contributed by atoms with E-state index in [-0.39, 0.29) is 5.91 Å². The van der Waals surface area contributed by atoms with Crippen molar-refractivity contribution in [3.63, 3.8) is 0 Å². The second-order valence-corrected chi connectivity index (χ2v) is 6.03. The summed E-state index contributed by atoms with van der Waals surface area (Å²) in [6.07, 6.45) is 0.975. The van der Waals surface area contributed by atoms with Gasteiger partial charge in [-0.1, -0.05) is 31.2 Å². The van der Waals surface area contributed by atoms with Crippen molar-refractivity contribution in [2.75, 3.05) is 27.2 Å². The highest BCUT2D eigenvalue weighted by Crippen LogP contribution is 2.13. The Morgan fingerprint density at radius 1 is 1.08 bits per heavy atom. The van der Waals surface area contributed by atoms with Crippen LogP contribution in [0.5, 0.6) is 5.75 Å². The lowest BCUT2D eigenvalue weighted by atomic mass is 10.1. The van der Waals surface area contributed by atoms with Crippen LogP contribution in [-0.4, -0.2) is 38.1 Å². The van der Waals surface area contributed by atoms with Crippen LogP contribution in [-0.2, 0) is 13.0 Å². The van der Waals surface area contributed by atoms with E-state index in [0.29, 0.717) is 18.7 Å². The van der Waals surface area contributed by atoms with Crippen LogP contribution in [0.15, 0.2) is 48.5 Å². The minimum Gasteiger partial charge on any atom is -0.492 e. The average molecular weight is 326 g/mol. The van der Waals surface area contributed by atoms with E-state index in [1.807, 2.05) is 62.6 Å². The molecule has 2 aromatic carbocycles. The monoisotopic (exact) mass is 326 g/mol. The zero-order valence-electron chi connectivity index (χ0n) is 14.7. The molecule has 1 N–H and O–H groups in total. The standard InChI is InChI=1S/C20H26N2O2/c1-4-16-8-10-18(11-9-16)20(23)21-15-17-6-5-7-19(14-17)24-13-12-22(2)3/h5-11,14H,4,12-13,15H2,1-3H3,(H,21,23). The van der Waals surface area contributed by atoms with Gasteiger partial charge in [0.25, 0.3) is 5.91 Å². The van der Waals surface area contributed by atoms with Gasteiger partial charge in [0.15, 0.2) is 0 Å². The van der Waals surface area contributed by atoms with Gasteiger partial charge in [0.1, 0.15) is 12.4 Å². The lowest BCUT2D eigenvalue weighted by Gasteiger charge is -2.12. The van der Waals surface area contributed by atoms with E-state index in [0.717, 1.165) is 24.3 Å². The number of benzene rings is 2. The molecular formula is C20H26N2O2. The molecule has 128 valence electrons. The maximum absolute atomic E-state index is 12.2. The van der Waals surface area contributed by atoms with E-state index < -0.39 is 0 Å². The number of hydrogen-bond donors (Lipinski definition) is 1. The summed E-state index contributed by atoms with van der Waals surface area (Å²) in [5, 5.41) is 2.95. The maximum atomic E-state index is 12.2. The molecule has 4 heteroatoms. The van der Waals surface area contributed by atoms with Gasteiger partial charge in [-0.05, 0) is 55.9 Å². The summed E-state index contributed by atoms with van der Waals surface area (Å²) in [6, 6.07) is 15.6. The van der Waals surface area contributed by atoms with Crippen LogP contribution < -0.4 is 10.1 Å². The minimum absolute atomic E-state index is 0.0587. The Hall–Kier alpha value is -2.33. The van der Waals surface area contributed by atoms with Gasteiger partial charge in [-0.3, -0.25) is 4.79 Å². The van der Waals surface area contributed by atoms with Gasteiger partial charge in [-0.15, -0.1) is 0 Å². The lowest BCUT2D eigenvalue weighted by molar-refractivity contribution is 0.0951. The van der Waals surface area contributed by atoms with Gasteiger partial charge in [-0.25, -0.2) is 0 Å². The smallest absolute Gasteiger partial charge is 0.251 e. The predicted octanol–water partition coefficient (Wildman–Crippen LogP) is 3.12. The summed E-state index contributed by atoms with van der Waals surface area (Å²) in [7, 11) is 4.03. The number of ether oxygens (including phenoxy) is 1. The molecule has 0 fully saturated rings. The third kappa shape index (κ3) is 5.70. The molecule has 24 heavy (non-hydrogen) atoms. The Morgan fingerprint density at radius 2 is 1.83 bits per heavy atom. The highest BCUT2D eigenvalue weighted by atomic mass is 16.5. The molecule has 2 rings (SSSR count). The first kappa shape index (κ1) is 18.0. The Morgan fingerprint density at radius 3 is 2.50 bits per heavy atom. The van der Waals surface area contributed by atoms with E-state index in [1.54, 1.807) is 0 Å². The molecule has 0 aliphatic carbocycles. The van der Waals surface area contributed by atoms with Crippen molar-refractivity contribution in [2.24, 2.45) is 0 Å². The zero-order valence-corrected chi connectivity index (χ0v) is 14.7. The highest BCUT2D eigenvalue weighted by molar-refractivity contribution is 5.94.